The lowest BCUT2D eigenvalue weighted by Gasteiger charge is -2.12. The number of hydrogen-bond acceptors (Lipinski definition) is 5. The Labute approximate surface area is 124 Å². The molecular formula is C13H21N3O4S. The topological polar surface area (TPSA) is 101 Å². The van der Waals surface area contributed by atoms with Gasteiger partial charge in [0.1, 0.15) is 5.69 Å². The number of sulfonamides is 1. The van der Waals surface area contributed by atoms with E-state index in [4.69, 9.17) is 0 Å². The third kappa shape index (κ3) is 4.40. The summed E-state index contributed by atoms with van der Waals surface area (Å²) in [5.41, 5.74) is 0.493. The number of anilines is 1. The number of aryl methyl sites for hydroxylation is 1. The van der Waals surface area contributed by atoms with Gasteiger partial charge in [-0.25, -0.2) is 13.1 Å². The molecule has 0 spiro atoms. The molecule has 118 valence electrons. The van der Waals surface area contributed by atoms with E-state index in [1.165, 1.54) is 6.07 Å². The van der Waals surface area contributed by atoms with Crippen LogP contribution in [-0.2, 0) is 10.0 Å². The third-order valence-electron chi connectivity index (χ3n) is 3.06. The number of nitrogens with one attached hydrogen (secondary N) is 2. The molecule has 1 aromatic rings. The zero-order chi connectivity index (χ0) is 16.2. The van der Waals surface area contributed by atoms with Crippen LogP contribution in [0.2, 0.25) is 0 Å². The fourth-order valence-electron chi connectivity index (χ4n) is 1.88. The zero-order valence-corrected chi connectivity index (χ0v) is 13.5. The highest BCUT2D eigenvalue weighted by Gasteiger charge is 2.23. The van der Waals surface area contributed by atoms with E-state index in [1.807, 2.05) is 13.8 Å². The quantitative estimate of drug-likeness (QED) is 0.593. The average Bonchev–Trinajstić information content (AvgIpc) is 2.36. The zero-order valence-electron chi connectivity index (χ0n) is 12.6. The summed E-state index contributed by atoms with van der Waals surface area (Å²) in [4.78, 5) is 10.4. The van der Waals surface area contributed by atoms with E-state index in [-0.39, 0.29) is 10.6 Å². The smallest absolute Gasteiger partial charge is 0.293 e. The average molecular weight is 315 g/mol. The Bertz CT molecular complexity index is 627. The Hall–Kier alpha value is -1.67. The van der Waals surface area contributed by atoms with Crippen molar-refractivity contribution in [1.29, 1.82) is 0 Å². The minimum Gasteiger partial charge on any atom is -0.383 e. The number of benzene rings is 1. The molecule has 0 fully saturated rings. The molecule has 0 aromatic heterocycles. The van der Waals surface area contributed by atoms with E-state index >= 15 is 0 Å². The molecule has 0 aliphatic heterocycles. The maximum atomic E-state index is 12.3. The first kappa shape index (κ1) is 17.4. The molecule has 0 bridgehead atoms. The van der Waals surface area contributed by atoms with Crippen molar-refractivity contribution in [3.63, 3.8) is 0 Å². The Balaban J connectivity index is 3.17. The second-order valence-corrected chi connectivity index (χ2v) is 6.96. The van der Waals surface area contributed by atoms with Crippen molar-refractivity contribution in [2.24, 2.45) is 5.92 Å². The van der Waals surface area contributed by atoms with Gasteiger partial charge in [0.25, 0.3) is 5.69 Å². The number of nitro benzene ring substituents is 1. The van der Waals surface area contributed by atoms with Crippen molar-refractivity contribution < 1.29 is 13.3 Å². The normalized spacial score (nSPS) is 11.7. The molecule has 8 heteroatoms. The van der Waals surface area contributed by atoms with Crippen molar-refractivity contribution in [2.45, 2.75) is 32.1 Å². The van der Waals surface area contributed by atoms with Crippen LogP contribution in [0.3, 0.4) is 0 Å². The Kier molecular flexibility index (Phi) is 5.68. The maximum absolute atomic E-state index is 12.3. The van der Waals surface area contributed by atoms with Crippen LogP contribution in [-0.4, -0.2) is 26.9 Å². The minimum atomic E-state index is -3.75. The molecule has 0 unspecified atom stereocenters. The first-order valence-corrected chi connectivity index (χ1v) is 8.13. The molecule has 0 atom stereocenters. The van der Waals surface area contributed by atoms with Crippen LogP contribution >= 0.6 is 0 Å². The van der Waals surface area contributed by atoms with Gasteiger partial charge in [-0.2, -0.15) is 0 Å². The predicted molar refractivity (Wildman–Crippen MR) is 82.0 cm³/mol. The van der Waals surface area contributed by atoms with E-state index in [0.717, 1.165) is 6.07 Å². The van der Waals surface area contributed by atoms with E-state index in [1.54, 1.807) is 14.0 Å². The van der Waals surface area contributed by atoms with Crippen LogP contribution in [0.4, 0.5) is 11.4 Å². The van der Waals surface area contributed by atoms with Crippen LogP contribution in [0, 0.1) is 23.0 Å². The van der Waals surface area contributed by atoms with Gasteiger partial charge in [-0.1, -0.05) is 13.8 Å². The molecule has 0 saturated carbocycles. The summed E-state index contributed by atoms with van der Waals surface area (Å²) in [5, 5.41) is 13.7. The third-order valence-corrected chi connectivity index (χ3v) is 4.67. The molecule has 0 amide bonds. The summed E-state index contributed by atoms with van der Waals surface area (Å²) in [6.07, 6.45) is 0.703. The highest BCUT2D eigenvalue weighted by molar-refractivity contribution is 7.89. The molecule has 7 nitrogen and oxygen atoms in total. The first-order chi connectivity index (χ1) is 9.69. The summed E-state index contributed by atoms with van der Waals surface area (Å²) in [7, 11) is -2.20. The minimum absolute atomic E-state index is 0.0584. The van der Waals surface area contributed by atoms with Crippen LogP contribution in [0.5, 0.6) is 0 Å². The van der Waals surface area contributed by atoms with Gasteiger partial charge >= 0.3 is 0 Å². The number of hydrogen-bond donors (Lipinski definition) is 2. The van der Waals surface area contributed by atoms with Crippen molar-refractivity contribution >= 4 is 21.4 Å². The second-order valence-electron chi connectivity index (χ2n) is 5.22. The van der Waals surface area contributed by atoms with E-state index in [9.17, 15) is 18.5 Å². The van der Waals surface area contributed by atoms with Gasteiger partial charge in [0.05, 0.1) is 9.82 Å². The molecule has 0 aliphatic carbocycles. The van der Waals surface area contributed by atoms with Crippen LogP contribution in [0.15, 0.2) is 17.0 Å². The number of nitro groups is 1. The van der Waals surface area contributed by atoms with E-state index in [2.05, 4.69) is 10.0 Å². The van der Waals surface area contributed by atoms with Gasteiger partial charge in [0, 0.05) is 19.7 Å². The molecule has 1 aromatic carbocycles. The molecule has 2 N–H and O–H groups in total. The van der Waals surface area contributed by atoms with Gasteiger partial charge in [0.2, 0.25) is 10.0 Å². The lowest BCUT2D eigenvalue weighted by Crippen LogP contribution is -2.26. The monoisotopic (exact) mass is 315 g/mol. The van der Waals surface area contributed by atoms with Gasteiger partial charge in [-0.05, 0) is 30.9 Å². The van der Waals surface area contributed by atoms with Crippen molar-refractivity contribution in [3.8, 4) is 0 Å². The lowest BCUT2D eigenvalue weighted by molar-refractivity contribution is -0.384. The van der Waals surface area contributed by atoms with Crippen molar-refractivity contribution in [2.75, 3.05) is 18.9 Å². The largest absolute Gasteiger partial charge is 0.383 e. The van der Waals surface area contributed by atoms with Crippen LogP contribution in [0.25, 0.3) is 0 Å². The molecule has 21 heavy (non-hydrogen) atoms. The van der Waals surface area contributed by atoms with Crippen LogP contribution < -0.4 is 10.0 Å². The number of rotatable bonds is 7. The molecule has 0 saturated heterocycles. The fourth-order valence-corrected chi connectivity index (χ4v) is 3.17. The Morgan fingerprint density at radius 3 is 2.43 bits per heavy atom. The van der Waals surface area contributed by atoms with Gasteiger partial charge in [0.15, 0.2) is 0 Å². The summed E-state index contributed by atoms with van der Waals surface area (Å²) < 4.78 is 27.0. The summed E-state index contributed by atoms with van der Waals surface area (Å²) in [6, 6.07) is 2.56. The van der Waals surface area contributed by atoms with E-state index in [0.29, 0.717) is 30.1 Å². The van der Waals surface area contributed by atoms with Crippen molar-refractivity contribution in [1.82, 2.24) is 4.72 Å². The van der Waals surface area contributed by atoms with Crippen LogP contribution in [0.1, 0.15) is 25.8 Å². The highest BCUT2D eigenvalue weighted by Crippen LogP contribution is 2.30. The highest BCUT2D eigenvalue weighted by atomic mass is 32.2. The Morgan fingerprint density at radius 1 is 1.33 bits per heavy atom. The molecule has 0 aliphatic rings. The standard InChI is InChI=1S/C13H21N3O4S/c1-9(2)5-6-15-21(19,20)13-8-12(16(17)18)11(14-4)7-10(13)3/h7-9,14-15H,5-6H2,1-4H3. The molecule has 1 rings (SSSR count). The SMILES string of the molecule is CNc1cc(C)c(S(=O)(=O)NCCC(C)C)cc1[N+](=O)[O-]. The molecule has 0 radical (unpaired) electrons. The lowest BCUT2D eigenvalue weighted by atomic mass is 10.1. The summed E-state index contributed by atoms with van der Waals surface area (Å²) >= 11 is 0. The Morgan fingerprint density at radius 2 is 1.95 bits per heavy atom. The second kappa shape index (κ2) is 6.86. The fraction of sp³-hybridized carbons (Fsp3) is 0.538. The maximum Gasteiger partial charge on any atom is 0.293 e. The van der Waals surface area contributed by atoms with Crippen molar-refractivity contribution in [3.05, 3.63) is 27.8 Å². The first-order valence-electron chi connectivity index (χ1n) is 6.65. The molecular weight excluding hydrogens is 294 g/mol. The predicted octanol–water partition coefficient (Wildman–Crippen LogP) is 2.27. The molecule has 0 heterocycles. The van der Waals surface area contributed by atoms with Gasteiger partial charge in [-0.15, -0.1) is 0 Å². The van der Waals surface area contributed by atoms with E-state index < -0.39 is 14.9 Å². The summed E-state index contributed by atoms with van der Waals surface area (Å²) in [5.74, 6) is 0.370. The van der Waals surface area contributed by atoms with Gasteiger partial charge < -0.3 is 5.32 Å². The number of nitrogens with zero attached hydrogens (tertiary/aromatic N) is 1. The van der Waals surface area contributed by atoms with Gasteiger partial charge in [-0.3, -0.25) is 10.1 Å². The summed E-state index contributed by atoms with van der Waals surface area (Å²) in [6.45, 7) is 5.90.